The van der Waals surface area contributed by atoms with E-state index in [2.05, 4.69) is 26.0 Å². The highest BCUT2D eigenvalue weighted by Crippen LogP contribution is 2.33. The second-order valence-corrected chi connectivity index (χ2v) is 4.72. The summed E-state index contributed by atoms with van der Waals surface area (Å²) in [6, 6.07) is 3.77. The minimum absolute atomic E-state index is 0.463. The van der Waals surface area contributed by atoms with Crippen LogP contribution in [0.25, 0.3) is 0 Å². The molecule has 0 saturated heterocycles. The largest absolute Gasteiger partial charge is 0.496 e. The van der Waals surface area contributed by atoms with Gasteiger partial charge >= 0.3 is 0 Å². The van der Waals surface area contributed by atoms with E-state index in [-0.39, 0.29) is 0 Å². The van der Waals surface area contributed by atoms with Crippen LogP contribution in [0.1, 0.15) is 25.8 Å². The molecule has 0 aliphatic rings. The van der Waals surface area contributed by atoms with E-state index in [4.69, 9.17) is 21.1 Å². The van der Waals surface area contributed by atoms with E-state index in [0.29, 0.717) is 16.7 Å². The van der Waals surface area contributed by atoms with Gasteiger partial charge in [0.15, 0.2) is 0 Å². The lowest BCUT2D eigenvalue weighted by molar-refractivity contribution is 0.397. The van der Waals surface area contributed by atoms with E-state index in [0.717, 1.165) is 24.2 Å². The van der Waals surface area contributed by atoms with Crippen LogP contribution in [0.2, 0.25) is 5.02 Å². The lowest BCUT2D eigenvalue weighted by Crippen LogP contribution is -2.00. The third-order valence-electron chi connectivity index (χ3n) is 2.80. The van der Waals surface area contributed by atoms with Crippen LogP contribution in [0.15, 0.2) is 24.3 Å². The Morgan fingerprint density at radius 3 is 2.44 bits per heavy atom. The van der Waals surface area contributed by atoms with Gasteiger partial charge in [0.1, 0.15) is 11.5 Å². The SMILES string of the molecule is CC/C=C\C(C)Cc1cc(OC)c(Cl)cc1OC. The normalized spacial score (nSPS) is 12.7. The minimum Gasteiger partial charge on any atom is -0.496 e. The average molecular weight is 269 g/mol. The number of benzene rings is 1. The number of rotatable bonds is 6. The highest BCUT2D eigenvalue weighted by atomic mass is 35.5. The van der Waals surface area contributed by atoms with Crippen molar-refractivity contribution in [3.8, 4) is 11.5 Å². The highest BCUT2D eigenvalue weighted by molar-refractivity contribution is 6.32. The molecule has 0 fully saturated rings. The molecule has 1 aromatic carbocycles. The number of hydrogen-bond acceptors (Lipinski definition) is 2. The van der Waals surface area contributed by atoms with Gasteiger partial charge < -0.3 is 9.47 Å². The number of allylic oxidation sites excluding steroid dienone is 2. The number of methoxy groups -OCH3 is 2. The van der Waals surface area contributed by atoms with Crippen molar-refractivity contribution >= 4 is 11.6 Å². The molecule has 0 aliphatic heterocycles. The maximum atomic E-state index is 6.08. The molecule has 0 amide bonds. The van der Waals surface area contributed by atoms with Gasteiger partial charge in [-0.05, 0) is 30.4 Å². The molecule has 1 atom stereocenters. The van der Waals surface area contributed by atoms with Crippen molar-refractivity contribution < 1.29 is 9.47 Å². The van der Waals surface area contributed by atoms with E-state index in [9.17, 15) is 0 Å². The molecule has 18 heavy (non-hydrogen) atoms. The Labute approximate surface area is 115 Å². The Hall–Kier alpha value is -1.15. The zero-order chi connectivity index (χ0) is 13.5. The van der Waals surface area contributed by atoms with Crippen molar-refractivity contribution in [1.29, 1.82) is 0 Å². The fraction of sp³-hybridized carbons (Fsp3) is 0.467. The van der Waals surface area contributed by atoms with Crippen LogP contribution in [0.3, 0.4) is 0 Å². The molecule has 100 valence electrons. The van der Waals surface area contributed by atoms with Gasteiger partial charge in [0.05, 0.1) is 19.2 Å². The molecular weight excluding hydrogens is 248 g/mol. The number of hydrogen-bond donors (Lipinski definition) is 0. The van der Waals surface area contributed by atoms with Crippen molar-refractivity contribution in [3.63, 3.8) is 0 Å². The molecule has 0 bridgehead atoms. The third kappa shape index (κ3) is 3.95. The Balaban J connectivity index is 2.95. The van der Waals surface area contributed by atoms with Crippen LogP contribution in [-0.4, -0.2) is 14.2 Å². The summed E-state index contributed by atoms with van der Waals surface area (Å²) in [6.07, 6.45) is 6.38. The van der Waals surface area contributed by atoms with Crippen molar-refractivity contribution in [2.45, 2.75) is 26.7 Å². The summed E-state index contributed by atoms with van der Waals surface area (Å²) in [6.45, 7) is 4.32. The van der Waals surface area contributed by atoms with Crippen LogP contribution in [0.4, 0.5) is 0 Å². The van der Waals surface area contributed by atoms with E-state index in [1.807, 2.05) is 12.1 Å². The summed E-state index contributed by atoms with van der Waals surface area (Å²) in [5, 5.41) is 0.579. The number of halogens is 1. The summed E-state index contributed by atoms with van der Waals surface area (Å²) in [5.41, 5.74) is 1.12. The summed E-state index contributed by atoms with van der Waals surface area (Å²) in [5.74, 6) is 1.97. The van der Waals surface area contributed by atoms with Gasteiger partial charge in [0.25, 0.3) is 0 Å². The second-order valence-electron chi connectivity index (χ2n) is 4.32. The second kappa shape index (κ2) is 7.32. The van der Waals surface area contributed by atoms with Gasteiger partial charge in [-0.15, -0.1) is 0 Å². The van der Waals surface area contributed by atoms with Gasteiger partial charge in [0.2, 0.25) is 0 Å². The van der Waals surface area contributed by atoms with Gasteiger partial charge in [-0.3, -0.25) is 0 Å². The first-order chi connectivity index (χ1) is 8.62. The van der Waals surface area contributed by atoms with Crippen LogP contribution >= 0.6 is 11.6 Å². The summed E-state index contributed by atoms with van der Waals surface area (Å²) < 4.78 is 10.6. The fourth-order valence-corrected chi connectivity index (χ4v) is 2.10. The molecule has 0 N–H and O–H groups in total. The molecule has 3 heteroatoms. The van der Waals surface area contributed by atoms with Crippen LogP contribution in [-0.2, 0) is 6.42 Å². The van der Waals surface area contributed by atoms with Crippen molar-refractivity contribution in [3.05, 3.63) is 34.9 Å². The topological polar surface area (TPSA) is 18.5 Å². The third-order valence-corrected chi connectivity index (χ3v) is 3.09. The number of ether oxygens (including phenoxy) is 2. The molecule has 0 heterocycles. The molecule has 2 nitrogen and oxygen atoms in total. The smallest absolute Gasteiger partial charge is 0.137 e. The standard InChI is InChI=1S/C15H21ClO2/c1-5-6-7-11(2)8-12-9-15(18-4)13(16)10-14(12)17-3/h6-7,9-11H,5,8H2,1-4H3/b7-6-. The monoisotopic (exact) mass is 268 g/mol. The summed E-state index contributed by atoms with van der Waals surface area (Å²) in [4.78, 5) is 0. The van der Waals surface area contributed by atoms with E-state index >= 15 is 0 Å². The molecule has 0 aromatic heterocycles. The van der Waals surface area contributed by atoms with Gasteiger partial charge in [-0.1, -0.05) is 37.6 Å². The van der Waals surface area contributed by atoms with Crippen molar-refractivity contribution in [2.75, 3.05) is 14.2 Å². The minimum atomic E-state index is 0.463. The zero-order valence-corrected chi connectivity index (χ0v) is 12.3. The molecule has 1 rings (SSSR count). The maximum absolute atomic E-state index is 6.08. The quantitative estimate of drug-likeness (QED) is 0.707. The predicted molar refractivity (Wildman–Crippen MR) is 76.9 cm³/mol. The average Bonchev–Trinajstić information content (AvgIpc) is 2.37. The van der Waals surface area contributed by atoms with Crippen LogP contribution in [0.5, 0.6) is 11.5 Å². The Kier molecular flexibility index (Phi) is 6.06. The Morgan fingerprint density at radius 1 is 1.22 bits per heavy atom. The fourth-order valence-electron chi connectivity index (χ4n) is 1.87. The first kappa shape index (κ1) is 14.9. The van der Waals surface area contributed by atoms with Crippen molar-refractivity contribution in [2.24, 2.45) is 5.92 Å². The first-order valence-corrected chi connectivity index (χ1v) is 6.57. The summed E-state index contributed by atoms with van der Waals surface area (Å²) >= 11 is 6.08. The molecule has 1 aromatic rings. The molecule has 0 aliphatic carbocycles. The lowest BCUT2D eigenvalue weighted by Gasteiger charge is -2.14. The van der Waals surface area contributed by atoms with Crippen LogP contribution < -0.4 is 9.47 Å². The van der Waals surface area contributed by atoms with Gasteiger partial charge in [-0.25, -0.2) is 0 Å². The Morgan fingerprint density at radius 2 is 1.89 bits per heavy atom. The van der Waals surface area contributed by atoms with Crippen LogP contribution in [0, 0.1) is 5.92 Å². The van der Waals surface area contributed by atoms with E-state index < -0.39 is 0 Å². The highest BCUT2D eigenvalue weighted by Gasteiger charge is 2.11. The predicted octanol–water partition coefficient (Wildman–Crippen LogP) is 4.50. The Bertz CT molecular complexity index is 413. The van der Waals surface area contributed by atoms with Crippen molar-refractivity contribution in [1.82, 2.24) is 0 Å². The van der Waals surface area contributed by atoms with Gasteiger partial charge in [-0.2, -0.15) is 0 Å². The molecule has 0 saturated carbocycles. The molecule has 0 radical (unpaired) electrons. The molecule has 1 unspecified atom stereocenters. The molecule has 0 spiro atoms. The summed E-state index contributed by atoms with van der Waals surface area (Å²) in [7, 11) is 3.28. The van der Waals surface area contributed by atoms with Gasteiger partial charge in [0, 0.05) is 6.07 Å². The molecular formula is C15H21ClO2. The maximum Gasteiger partial charge on any atom is 0.137 e. The van der Waals surface area contributed by atoms with E-state index in [1.165, 1.54) is 0 Å². The first-order valence-electron chi connectivity index (χ1n) is 6.19. The van der Waals surface area contributed by atoms with E-state index in [1.54, 1.807) is 14.2 Å². The zero-order valence-electron chi connectivity index (χ0n) is 11.5. The lowest BCUT2D eigenvalue weighted by atomic mass is 9.99.